The monoisotopic (exact) mass is 592 g/mol. The molecule has 0 unspecified atom stereocenters. The largest absolute Gasteiger partial charge is 0.394 e. The minimum absolute atomic E-state index is 0.0868. The molecule has 5 atom stereocenters. The number of benzene rings is 2. The van der Waals surface area contributed by atoms with Crippen molar-refractivity contribution >= 4 is 40.6 Å². The van der Waals surface area contributed by atoms with Crippen molar-refractivity contribution in [3.63, 3.8) is 0 Å². The van der Waals surface area contributed by atoms with Gasteiger partial charge < -0.3 is 20.8 Å². The lowest BCUT2D eigenvalue weighted by Gasteiger charge is -2.38. The maximum atomic E-state index is 15.1. The number of rotatable bonds is 12. The maximum Gasteiger partial charge on any atom is 0.237 e. The van der Waals surface area contributed by atoms with Crippen LogP contribution < -0.4 is 10.6 Å². The van der Waals surface area contributed by atoms with Crippen molar-refractivity contribution in [1.82, 2.24) is 5.32 Å². The summed E-state index contributed by atoms with van der Waals surface area (Å²) < 4.78 is 15.1. The fraction of sp³-hybridized carbons (Fsp3) is 0.548. The summed E-state index contributed by atoms with van der Waals surface area (Å²) in [6.07, 6.45) is 3.48. The van der Waals surface area contributed by atoms with Crippen molar-refractivity contribution in [1.29, 1.82) is 0 Å². The van der Waals surface area contributed by atoms with E-state index in [1.54, 1.807) is 18.2 Å². The highest BCUT2D eigenvalue weighted by Crippen LogP contribution is 2.57. The van der Waals surface area contributed by atoms with Crippen LogP contribution in [-0.4, -0.2) is 46.7 Å². The van der Waals surface area contributed by atoms with Crippen molar-refractivity contribution in [3.8, 4) is 0 Å². The Morgan fingerprint density at radius 3 is 2.62 bits per heavy atom. The number of carbonyl (C=O) groups excluding carboxylic acids is 2. The molecule has 1 amide bonds. The molecule has 2 heterocycles. The number of hydrogen-bond acceptors (Lipinski definition) is 5. The predicted molar refractivity (Wildman–Crippen MR) is 156 cm³/mol. The van der Waals surface area contributed by atoms with Crippen LogP contribution in [0.3, 0.4) is 0 Å². The van der Waals surface area contributed by atoms with Gasteiger partial charge >= 0.3 is 0 Å². The van der Waals surface area contributed by atoms with Gasteiger partial charge in [0.2, 0.25) is 5.91 Å². The Balaban J connectivity index is 1.88. The molecule has 6 nitrogen and oxygen atoms in total. The van der Waals surface area contributed by atoms with E-state index in [1.807, 2.05) is 6.07 Å². The fourth-order valence-electron chi connectivity index (χ4n) is 6.64. The number of halogens is 3. The van der Waals surface area contributed by atoms with Crippen LogP contribution in [-0.2, 0) is 15.0 Å². The summed E-state index contributed by atoms with van der Waals surface area (Å²) in [5, 5.41) is 25.9. The molecule has 1 spiro atoms. The first kappa shape index (κ1) is 30.9. The number of carbonyl (C=O) groups is 2. The number of Topliss-reactive ketones (excluding diaryl/α,β-unsaturated/α-hetero) is 1. The summed E-state index contributed by atoms with van der Waals surface area (Å²) in [5.74, 6) is -1.71. The number of hydrogen-bond donors (Lipinski definition) is 4. The number of nitrogens with one attached hydrogen (secondary N) is 2. The third-order valence-electron chi connectivity index (χ3n) is 8.57. The van der Waals surface area contributed by atoms with Crippen molar-refractivity contribution in [3.05, 3.63) is 63.4 Å². The maximum absolute atomic E-state index is 15.1. The highest BCUT2D eigenvalue weighted by atomic mass is 35.5. The number of amides is 1. The number of aliphatic hydroxyl groups excluding tert-OH is 2. The first-order valence-corrected chi connectivity index (χ1v) is 14.8. The summed E-state index contributed by atoms with van der Waals surface area (Å²) in [6.45, 7) is 6.09. The topological polar surface area (TPSA) is 98.7 Å². The molecule has 2 aromatic carbocycles. The molecular weight excluding hydrogens is 554 g/mol. The van der Waals surface area contributed by atoms with E-state index >= 15 is 4.39 Å². The Hall–Kier alpha value is -2.03. The lowest BCUT2D eigenvalue weighted by atomic mass is 9.61. The number of unbranched alkanes of at least 4 members (excludes halogenated alkanes) is 1. The SMILES string of the molecule is CCCCC(C)(C)C[C@H]1N[C@@H](C(=O)CCC[C@H](O)CO)[C@H](c2cccc(Cl)c2)[C@@]12C(=O)Nc1cc(Cl)c(F)cc12. The van der Waals surface area contributed by atoms with Gasteiger partial charge in [-0.25, -0.2) is 4.39 Å². The van der Waals surface area contributed by atoms with Gasteiger partial charge in [-0.2, -0.15) is 0 Å². The van der Waals surface area contributed by atoms with E-state index in [1.165, 1.54) is 12.1 Å². The third kappa shape index (κ3) is 5.95. The van der Waals surface area contributed by atoms with Crippen LogP contribution in [0.5, 0.6) is 0 Å². The zero-order chi connectivity index (χ0) is 29.2. The van der Waals surface area contributed by atoms with Gasteiger partial charge in [0.25, 0.3) is 0 Å². The van der Waals surface area contributed by atoms with Crippen LogP contribution in [0.1, 0.15) is 82.8 Å². The van der Waals surface area contributed by atoms with Crippen LogP contribution in [0, 0.1) is 11.2 Å². The number of aliphatic hydroxyl groups is 2. The van der Waals surface area contributed by atoms with Gasteiger partial charge in [0.15, 0.2) is 0 Å². The highest BCUT2D eigenvalue weighted by molar-refractivity contribution is 6.31. The highest BCUT2D eigenvalue weighted by Gasteiger charge is 2.65. The molecule has 4 N–H and O–H groups in total. The van der Waals surface area contributed by atoms with Gasteiger partial charge in [0.05, 0.1) is 23.8 Å². The molecule has 2 aliphatic heterocycles. The average molecular weight is 594 g/mol. The normalized spacial score (nSPS) is 24.8. The van der Waals surface area contributed by atoms with Crippen LogP contribution >= 0.6 is 23.2 Å². The van der Waals surface area contributed by atoms with Crippen molar-refractivity contribution < 1.29 is 24.2 Å². The quantitative estimate of drug-likeness (QED) is 0.237. The van der Waals surface area contributed by atoms with Gasteiger partial charge in [-0.05, 0) is 66.5 Å². The number of anilines is 1. The molecule has 0 saturated carbocycles. The Bertz CT molecular complexity index is 1260. The third-order valence-corrected chi connectivity index (χ3v) is 9.10. The molecule has 2 aliphatic rings. The second-order valence-electron chi connectivity index (χ2n) is 12.0. The van der Waals surface area contributed by atoms with Crippen LogP contribution in [0.4, 0.5) is 10.1 Å². The number of fused-ring (bicyclic) bond motifs is 2. The van der Waals surface area contributed by atoms with Crippen molar-refractivity contribution in [2.45, 2.75) is 95.2 Å². The summed E-state index contributed by atoms with van der Waals surface area (Å²) >= 11 is 12.6. The Morgan fingerprint density at radius 2 is 1.95 bits per heavy atom. The number of ketones is 1. The Labute approximate surface area is 245 Å². The first-order chi connectivity index (χ1) is 18.9. The molecule has 218 valence electrons. The molecule has 4 rings (SSSR count). The molecule has 40 heavy (non-hydrogen) atoms. The van der Waals surface area contributed by atoms with Gasteiger partial charge in [-0.1, -0.05) is 68.9 Å². The lowest BCUT2D eigenvalue weighted by molar-refractivity contribution is -0.122. The molecule has 9 heteroatoms. The van der Waals surface area contributed by atoms with E-state index in [9.17, 15) is 19.8 Å². The van der Waals surface area contributed by atoms with Crippen molar-refractivity contribution in [2.75, 3.05) is 11.9 Å². The Kier molecular flexibility index (Phi) is 9.63. The van der Waals surface area contributed by atoms with Gasteiger partial charge in [-0.3, -0.25) is 9.59 Å². The average Bonchev–Trinajstić information content (AvgIpc) is 3.37. The molecule has 0 aromatic heterocycles. The van der Waals surface area contributed by atoms with Crippen LogP contribution in [0.15, 0.2) is 36.4 Å². The van der Waals surface area contributed by atoms with E-state index in [4.69, 9.17) is 23.2 Å². The van der Waals surface area contributed by atoms with E-state index in [0.29, 0.717) is 34.7 Å². The molecule has 0 bridgehead atoms. The summed E-state index contributed by atoms with van der Waals surface area (Å²) in [5.41, 5.74) is 0.178. The van der Waals surface area contributed by atoms with Gasteiger partial charge in [-0.15, -0.1) is 0 Å². The predicted octanol–water partition coefficient (Wildman–Crippen LogP) is 6.15. The van der Waals surface area contributed by atoms with Crippen molar-refractivity contribution in [2.24, 2.45) is 5.41 Å². The van der Waals surface area contributed by atoms with E-state index in [-0.39, 0.29) is 41.6 Å². The van der Waals surface area contributed by atoms with Gasteiger partial charge in [0.1, 0.15) is 17.0 Å². The standard InChI is InChI=1S/C31H39Cl2FN2O4/c1-4-5-12-30(2,3)16-26-31(21-14-23(34)22(33)15-24(21)35-29(31)40)27(18-8-6-9-19(32)13-18)28(36-26)25(39)11-7-10-20(38)17-37/h6,8-9,13-15,20,26-28,36-38H,4-5,7,10-12,16-17H2,1-3H3,(H,35,40)/t20-,26+,27-,28-,31-/m0/s1. The smallest absolute Gasteiger partial charge is 0.237 e. The second kappa shape index (κ2) is 12.5. The molecule has 1 saturated heterocycles. The fourth-order valence-corrected chi connectivity index (χ4v) is 7.00. The van der Waals surface area contributed by atoms with Crippen LogP contribution in [0.25, 0.3) is 0 Å². The summed E-state index contributed by atoms with van der Waals surface area (Å²) in [4.78, 5) is 28.1. The molecular formula is C31H39Cl2FN2O4. The zero-order valence-electron chi connectivity index (χ0n) is 23.3. The molecule has 0 radical (unpaired) electrons. The zero-order valence-corrected chi connectivity index (χ0v) is 24.8. The molecule has 0 aliphatic carbocycles. The second-order valence-corrected chi connectivity index (χ2v) is 12.9. The summed E-state index contributed by atoms with van der Waals surface area (Å²) in [7, 11) is 0. The van der Waals surface area contributed by atoms with E-state index in [2.05, 4.69) is 31.4 Å². The minimum atomic E-state index is -1.29. The van der Waals surface area contributed by atoms with Gasteiger partial charge in [0, 0.05) is 29.1 Å². The Morgan fingerprint density at radius 1 is 1.20 bits per heavy atom. The first-order valence-electron chi connectivity index (χ1n) is 14.1. The minimum Gasteiger partial charge on any atom is -0.394 e. The molecule has 1 fully saturated rings. The van der Waals surface area contributed by atoms with E-state index < -0.39 is 35.3 Å². The van der Waals surface area contributed by atoms with Crippen LogP contribution in [0.2, 0.25) is 10.0 Å². The lowest BCUT2D eigenvalue weighted by Crippen LogP contribution is -2.50. The van der Waals surface area contributed by atoms with E-state index in [0.717, 1.165) is 19.3 Å². The molecule has 2 aromatic rings. The summed E-state index contributed by atoms with van der Waals surface area (Å²) in [6, 6.07) is 8.70.